The minimum atomic E-state index is 0.0636. The van der Waals surface area contributed by atoms with E-state index in [2.05, 4.69) is 10.3 Å². The van der Waals surface area contributed by atoms with Crippen molar-refractivity contribution in [3.63, 3.8) is 0 Å². The zero-order chi connectivity index (χ0) is 14.8. The molecule has 4 nitrogen and oxygen atoms in total. The molecular formula is C17H21N3O. The van der Waals surface area contributed by atoms with Crippen LogP contribution in [0.5, 0.6) is 0 Å². The van der Waals surface area contributed by atoms with Crippen LogP contribution in [0, 0.1) is 5.92 Å². The molecule has 1 heterocycles. The van der Waals surface area contributed by atoms with Crippen LogP contribution in [-0.4, -0.2) is 35.9 Å². The third-order valence-corrected chi connectivity index (χ3v) is 3.95. The monoisotopic (exact) mass is 283 g/mol. The van der Waals surface area contributed by atoms with Gasteiger partial charge in [-0.15, -0.1) is 0 Å². The molecule has 4 heteroatoms. The van der Waals surface area contributed by atoms with Crippen LogP contribution in [-0.2, 0) is 0 Å². The fourth-order valence-corrected chi connectivity index (χ4v) is 2.65. The second kappa shape index (κ2) is 5.72. The summed E-state index contributed by atoms with van der Waals surface area (Å²) in [5.74, 6) is 1.60. The van der Waals surface area contributed by atoms with Gasteiger partial charge in [0.1, 0.15) is 5.82 Å². The number of anilines is 1. The van der Waals surface area contributed by atoms with Gasteiger partial charge in [-0.05, 0) is 31.1 Å². The van der Waals surface area contributed by atoms with Crippen LogP contribution in [0.2, 0.25) is 0 Å². The Morgan fingerprint density at radius 1 is 1.33 bits per heavy atom. The average Bonchev–Trinajstić information content (AvgIpc) is 3.31. The van der Waals surface area contributed by atoms with E-state index in [-0.39, 0.29) is 5.91 Å². The number of rotatable bonds is 5. The Labute approximate surface area is 125 Å². The molecule has 0 bridgehead atoms. The summed E-state index contributed by atoms with van der Waals surface area (Å²) >= 11 is 0. The van der Waals surface area contributed by atoms with Gasteiger partial charge in [0.2, 0.25) is 0 Å². The number of fused-ring (bicyclic) bond motifs is 1. The number of benzene rings is 1. The molecule has 0 aliphatic heterocycles. The maximum absolute atomic E-state index is 12.7. The number of aromatic nitrogens is 1. The molecule has 0 atom stereocenters. The number of hydrogen-bond acceptors (Lipinski definition) is 3. The largest absolute Gasteiger partial charge is 0.370 e. The van der Waals surface area contributed by atoms with Crippen LogP contribution >= 0.6 is 0 Å². The number of amides is 1. The zero-order valence-electron chi connectivity index (χ0n) is 12.6. The maximum atomic E-state index is 12.7. The van der Waals surface area contributed by atoms with Crippen LogP contribution in [0.4, 0.5) is 5.82 Å². The van der Waals surface area contributed by atoms with Crippen molar-refractivity contribution in [3.05, 3.63) is 36.0 Å². The van der Waals surface area contributed by atoms with Gasteiger partial charge in [0, 0.05) is 31.7 Å². The summed E-state index contributed by atoms with van der Waals surface area (Å²) in [6.45, 7) is 3.70. The molecule has 1 aliphatic rings. The first kappa shape index (κ1) is 13.9. The average molecular weight is 283 g/mol. The fraction of sp³-hybridized carbons (Fsp3) is 0.412. The summed E-state index contributed by atoms with van der Waals surface area (Å²) in [7, 11) is 1.88. The van der Waals surface area contributed by atoms with Gasteiger partial charge in [-0.25, -0.2) is 4.98 Å². The van der Waals surface area contributed by atoms with Crippen molar-refractivity contribution in [3.8, 4) is 0 Å². The molecule has 1 aromatic heterocycles. The standard InChI is InChI=1S/C17H21N3O/c1-3-18-16-14-7-5-4-6-13(14)15(10-19-16)17(21)20(2)11-12-8-9-12/h4-7,10,12H,3,8-9,11H2,1-2H3,(H,18,19). The van der Waals surface area contributed by atoms with Crippen molar-refractivity contribution in [2.75, 3.05) is 25.5 Å². The van der Waals surface area contributed by atoms with Crippen LogP contribution in [0.15, 0.2) is 30.5 Å². The van der Waals surface area contributed by atoms with Gasteiger partial charge in [0.15, 0.2) is 0 Å². The van der Waals surface area contributed by atoms with E-state index in [1.54, 1.807) is 6.20 Å². The number of pyridine rings is 1. The third kappa shape index (κ3) is 2.84. The van der Waals surface area contributed by atoms with Crippen molar-refractivity contribution in [2.45, 2.75) is 19.8 Å². The molecule has 0 radical (unpaired) electrons. The molecule has 2 aromatic rings. The van der Waals surface area contributed by atoms with Gasteiger partial charge in [-0.1, -0.05) is 24.3 Å². The predicted octanol–water partition coefficient (Wildman–Crippen LogP) is 3.15. The Morgan fingerprint density at radius 2 is 2.05 bits per heavy atom. The summed E-state index contributed by atoms with van der Waals surface area (Å²) in [5, 5.41) is 5.23. The maximum Gasteiger partial charge on any atom is 0.255 e. The van der Waals surface area contributed by atoms with E-state index in [4.69, 9.17) is 0 Å². The molecule has 21 heavy (non-hydrogen) atoms. The molecule has 1 saturated carbocycles. The van der Waals surface area contributed by atoms with E-state index in [0.717, 1.165) is 29.7 Å². The van der Waals surface area contributed by atoms with Crippen molar-refractivity contribution < 1.29 is 4.79 Å². The van der Waals surface area contributed by atoms with E-state index < -0.39 is 0 Å². The van der Waals surface area contributed by atoms with E-state index in [1.807, 2.05) is 43.1 Å². The smallest absolute Gasteiger partial charge is 0.255 e. The Balaban J connectivity index is 1.98. The van der Waals surface area contributed by atoms with Gasteiger partial charge in [-0.2, -0.15) is 0 Å². The highest BCUT2D eigenvalue weighted by Gasteiger charge is 2.26. The van der Waals surface area contributed by atoms with Crippen LogP contribution in [0.25, 0.3) is 10.8 Å². The number of hydrogen-bond donors (Lipinski definition) is 1. The Bertz CT molecular complexity index is 664. The zero-order valence-corrected chi connectivity index (χ0v) is 12.6. The van der Waals surface area contributed by atoms with E-state index >= 15 is 0 Å². The number of carbonyl (C=O) groups excluding carboxylic acids is 1. The van der Waals surface area contributed by atoms with Crippen molar-refractivity contribution >= 4 is 22.5 Å². The van der Waals surface area contributed by atoms with Gasteiger partial charge in [0.05, 0.1) is 5.56 Å². The topological polar surface area (TPSA) is 45.2 Å². The molecule has 1 aliphatic carbocycles. The van der Waals surface area contributed by atoms with Gasteiger partial charge < -0.3 is 10.2 Å². The van der Waals surface area contributed by atoms with Crippen LogP contribution in [0.1, 0.15) is 30.1 Å². The Hall–Kier alpha value is -2.10. The molecule has 0 saturated heterocycles. The molecule has 1 amide bonds. The van der Waals surface area contributed by atoms with Gasteiger partial charge in [-0.3, -0.25) is 4.79 Å². The molecule has 1 aromatic carbocycles. The lowest BCUT2D eigenvalue weighted by atomic mass is 10.1. The minimum Gasteiger partial charge on any atom is -0.370 e. The SMILES string of the molecule is CCNc1ncc(C(=O)N(C)CC2CC2)c2ccccc12. The molecule has 1 fully saturated rings. The highest BCUT2D eigenvalue weighted by atomic mass is 16.2. The van der Waals surface area contributed by atoms with Crippen molar-refractivity contribution in [1.29, 1.82) is 0 Å². The third-order valence-electron chi connectivity index (χ3n) is 3.95. The molecule has 3 rings (SSSR count). The van der Waals surface area contributed by atoms with Gasteiger partial charge in [0.25, 0.3) is 5.91 Å². The highest BCUT2D eigenvalue weighted by molar-refractivity contribution is 6.09. The summed E-state index contributed by atoms with van der Waals surface area (Å²) < 4.78 is 0. The first-order chi connectivity index (χ1) is 10.2. The van der Waals surface area contributed by atoms with Gasteiger partial charge >= 0.3 is 0 Å². The predicted molar refractivity (Wildman–Crippen MR) is 85.6 cm³/mol. The van der Waals surface area contributed by atoms with Crippen molar-refractivity contribution in [1.82, 2.24) is 9.88 Å². The minimum absolute atomic E-state index is 0.0636. The lowest BCUT2D eigenvalue weighted by Crippen LogP contribution is -2.29. The lowest BCUT2D eigenvalue weighted by molar-refractivity contribution is 0.0790. The second-order valence-corrected chi connectivity index (χ2v) is 5.73. The first-order valence-electron chi connectivity index (χ1n) is 7.57. The molecule has 1 N–H and O–H groups in total. The van der Waals surface area contributed by atoms with Crippen molar-refractivity contribution in [2.24, 2.45) is 5.92 Å². The molecular weight excluding hydrogens is 262 g/mol. The lowest BCUT2D eigenvalue weighted by Gasteiger charge is -2.18. The fourth-order valence-electron chi connectivity index (χ4n) is 2.65. The highest BCUT2D eigenvalue weighted by Crippen LogP contribution is 2.30. The summed E-state index contributed by atoms with van der Waals surface area (Å²) in [6.07, 6.45) is 4.19. The quantitative estimate of drug-likeness (QED) is 0.917. The Morgan fingerprint density at radius 3 is 2.71 bits per heavy atom. The van der Waals surface area contributed by atoms with Crippen LogP contribution in [0.3, 0.4) is 0 Å². The number of nitrogens with zero attached hydrogens (tertiary/aromatic N) is 2. The molecule has 0 spiro atoms. The molecule has 0 unspecified atom stereocenters. The number of nitrogens with one attached hydrogen (secondary N) is 1. The van der Waals surface area contributed by atoms with E-state index in [0.29, 0.717) is 11.5 Å². The first-order valence-corrected chi connectivity index (χ1v) is 7.57. The summed E-state index contributed by atoms with van der Waals surface area (Å²) in [6, 6.07) is 7.96. The molecule has 110 valence electrons. The van der Waals surface area contributed by atoms with E-state index in [1.165, 1.54) is 12.8 Å². The summed E-state index contributed by atoms with van der Waals surface area (Å²) in [5.41, 5.74) is 0.690. The summed E-state index contributed by atoms with van der Waals surface area (Å²) in [4.78, 5) is 18.9. The number of carbonyl (C=O) groups is 1. The second-order valence-electron chi connectivity index (χ2n) is 5.73. The van der Waals surface area contributed by atoms with E-state index in [9.17, 15) is 4.79 Å². The normalized spacial score (nSPS) is 14.2. The van der Waals surface area contributed by atoms with Crippen LogP contribution < -0.4 is 5.32 Å². The Kier molecular flexibility index (Phi) is 3.78.